The molecule has 0 saturated carbocycles. The van der Waals surface area contributed by atoms with E-state index in [4.69, 9.17) is 21.7 Å². The van der Waals surface area contributed by atoms with Crippen LogP contribution in [0.25, 0.3) is 0 Å². The fraction of sp³-hybridized carbons (Fsp3) is 0.750. The minimum atomic E-state index is -1.13. The molecule has 0 unspecified atom stereocenters. The molecule has 0 aromatic carbocycles. The number of hydrogen-bond acceptors (Lipinski definition) is 8. The molecule has 0 aliphatic rings. The molecular weight excluding hydrogens is 408 g/mol. The first-order valence-corrected chi connectivity index (χ1v) is 11.2. The molecule has 0 saturated heterocycles. The van der Waals surface area contributed by atoms with Gasteiger partial charge in [-0.05, 0) is 11.8 Å². The van der Waals surface area contributed by atoms with Gasteiger partial charge in [0.15, 0.2) is 0 Å². The largest absolute Gasteiger partial charge is 0.480 e. The van der Waals surface area contributed by atoms with Crippen LogP contribution in [0.1, 0.15) is 27.7 Å². The van der Waals surface area contributed by atoms with Crippen molar-refractivity contribution in [3.05, 3.63) is 0 Å². The molecule has 0 fully saturated rings. The summed E-state index contributed by atoms with van der Waals surface area (Å²) in [6.07, 6.45) is 0. The lowest BCUT2D eigenvalue weighted by atomic mass is 10.0. The highest BCUT2D eigenvalue weighted by Gasteiger charge is 2.27. The molecule has 0 aliphatic heterocycles. The van der Waals surface area contributed by atoms with E-state index in [-0.39, 0.29) is 23.3 Å². The summed E-state index contributed by atoms with van der Waals surface area (Å²) in [5.41, 5.74) is 11.5. The van der Waals surface area contributed by atoms with Crippen LogP contribution in [-0.2, 0) is 19.2 Å². The van der Waals surface area contributed by atoms with Gasteiger partial charge in [-0.2, -0.15) is 0 Å². The number of carboxylic acid groups (broad SMARTS) is 2. The quantitative estimate of drug-likeness (QED) is 0.161. The average molecular weight is 439 g/mol. The van der Waals surface area contributed by atoms with E-state index in [1.54, 1.807) is 27.7 Å². The molecule has 0 aliphatic carbocycles. The summed E-state index contributed by atoms with van der Waals surface area (Å²) < 4.78 is 0. The van der Waals surface area contributed by atoms with Crippen molar-refractivity contribution < 1.29 is 29.4 Å². The van der Waals surface area contributed by atoms with E-state index in [9.17, 15) is 19.2 Å². The maximum absolute atomic E-state index is 12.0. The number of amides is 2. The van der Waals surface area contributed by atoms with E-state index in [0.29, 0.717) is 0 Å². The zero-order valence-electron chi connectivity index (χ0n) is 16.4. The molecule has 0 bridgehead atoms. The molecule has 0 aromatic heterocycles. The molecule has 4 atom stereocenters. The van der Waals surface area contributed by atoms with Gasteiger partial charge in [-0.15, -0.1) is 0 Å². The van der Waals surface area contributed by atoms with Crippen LogP contribution in [0, 0.1) is 11.8 Å². The van der Waals surface area contributed by atoms with Gasteiger partial charge in [-0.1, -0.05) is 49.3 Å². The van der Waals surface area contributed by atoms with Gasteiger partial charge in [0.1, 0.15) is 12.1 Å². The summed E-state index contributed by atoms with van der Waals surface area (Å²) >= 11 is 0. The minimum absolute atomic E-state index is 0.193. The number of carbonyl (C=O) groups is 4. The fourth-order valence-corrected chi connectivity index (χ4v) is 4.19. The predicted molar refractivity (Wildman–Crippen MR) is 110 cm³/mol. The highest BCUT2D eigenvalue weighted by atomic mass is 33.1. The first-order chi connectivity index (χ1) is 12.9. The van der Waals surface area contributed by atoms with Crippen molar-refractivity contribution in [1.82, 2.24) is 10.6 Å². The first kappa shape index (κ1) is 26.5. The SMILES string of the molecule is CC(C)[C@H](NC(=O)[C@@H](N)CSSC[C@H](N)C(=O)N[C@@H](C(=O)O)C(C)C)C(=O)O. The third-order valence-corrected chi connectivity index (χ3v) is 6.19. The van der Waals surface area contributed by atoms with E-state index in [1.165, 1.54) is 21.6 Å². The van der Waals surface area contributed by atoms with Crippen LogP contribution in [0.2, 0.25) is 0 Å². The number of carbonyl (C=O) groups excluding carboxylic acids is 2. The van der Waals surface area contributed by atoms with E-state index in [1.807, 2.05) is 0 Å². The Bertz CT molecular complexity index is 513. The van der Waals surface area contributed by atoms with Gasteiger partial charge >= 0.3 is 11.9 Å². The predicted octanol–water partition coefficient (Wildman–Crippen LogP) is -0.527. The second kappa shape index (κ2) is 12.9. The topological polar surface area (TPSA) is 185 Å². The lowest BCUT2D eigenvalue weighted by Crippen LogP contribution is -2.51. The van der Waals surface area contributed by atoms with Crippen molar-refractivity contribution >= 4 is 45.3 Å². The summed E-state index contributed by atoms with van der Waals surface area (Å²) in [5.74, 6) is -3.58. The molecule has 12 heteroatoms. The molecule has 0 rings (SSSR count). The number of nitrogens with one attached hydrogen (secondary N) is 2. The minimum Gasteiger partial charge on any atom is -0.480 e. The number of rotatable bonds is 13. The first-order valence-electron chi connectivity index (χ1n) is 8.70. The third kappa shape index (κ3) is 9.62. The van der Waals surface area contributed by atoms with Gasteiger partial charge in [-0.3, -0.25) is 9.59 Å². The zero-order chi connectivity index (χ0) is 22.0. The maximum Gasteiger partial charge on any atom is 0.326 e. The van der Waals surface area contributed by atoms with Crippen LogP contribution in [0.4, 0.5) is 0 Å². The summed E-state index contributed by atoms with van der Waals surface area (Å²) in [7, 11) is 2.44. The maximum atomic E-state index is 12.0. The normalized spacial score (nSPS) is 15.6. The van der Waals surface area contributed by atoms with Gasteiger partial charge < -0.3 is 32.3 Å². The Kier molecular flexibility index (Phi) is 12.2. The van der Waals surface area contributed by atoms with Crippen molar-refractivity contribution in [1.29, 1.82) is 0 Å². The molecule has 0 heterocycles. The van der Waals surface area contributed by atoms with E-state index >= 15 is 0 Å². The summed E-state index contributed by atoms with van der Waals surface area (Å²) in [6.45, 7) is 6.71. The number of nitrogens with two attached hydrogens (primary N) is 2. The lowest BCUT2D eigenvalue weighted by molar-refractivity contribution is -0.143. The summed E-state index contributed by atoms with van der Waals surface area (Å²) in [6, 6.07) is -3.87. The van der Waals surface area contributed by atoms with E-state index in [0.717, 1.165) is 0 Å². The number of hydrogen-bond donors (Lipinski definition) is 6. The van der Waals surface area contributed by atoms with E-state index < -0.39 is 47.9 Å². The third-order valence-electron chi connectivity index (χ3n) is 3.71. The standard InChI is InChI=1S/C16H30N4O6S2/c1-7(2)11(15(23)24)19-13(21)9(17)5-27-28-6-10(18)14(22)20-12(8(3)4)16(25)26/h7-12H,5-6,17-18H2,1-4H3,(H,19,21)(H,20,22)(H,23,24)(H,25,26)/t9-,10-,11-,12+/m0/s1. The Morgan fingerprint density at radius 1 is 0.750 bits per heavy atom. The Labute approximate surface area is 172 Å². The van der Waals surface area contributed by atoms with Gasteiger partial charge in [-0.25, -0.2) is 9.59 Å². The fourth-order valence-electron chi connectivity index (χ4n) is 1.94. The van der Waals surface area contributed by atoms with Crippen LogP contribution in [-0.4, -0.2) is 69.6 Å². The molecule has 8 N–H and O–H groups in total. The van der Waals surface area contributed by atoms with E-state index in [2.05, 4.69) is 10.6 Å². The Hall–Kier alpha value is -1.50. The molecule has 0 spiro atoms. The molecule has 0 radical (unpaired) electrons. The number of carboxylic acids is 2. The van der Waals surface area contributed by atoms with Crippen molar-refractivity contribution in [2.75, 3.05) is 11.5 Å². The Morgan fingerprint density at radius 2 is 1.04 bits per heavy atom. The van der Waals surface area contributed by atoms with Crippen molar-refractivity contribution in [2.45, 2.75) is 51.9 Å². The van der Waals surface area contributed by atoms with Crippen LogP contribution >= 0.6 is 21.6 Å². The van der Waals surface area contributed by atoms with Crippen LogP contribution < -0.4 is 22.1 Å². The molecule has 0 aromatic rings. The lowest BCUT2D eigenvalue weighted by Gasteiger charge is -2.21. The van der Waals surface area contributed by atoms with Crippen LogP contribution in [0.3, 0.4) is 0 Å². The Morgan fingerprint density at radius 3 is 1.25 bits per heavy atom. The summed E-state index contributed by atoms with van der Waals surface area (Å²) in [5, 5.41) is 22.9. The Balaban J connectivity index is 4.32. The molecule has 162 valence electrons. The van der Waals surface area contributed by atoms with Crippen LogP contribution in [0.5, 0.6) is 0 Å². The average Bonchev–Trinajstić information content (AvgIpc) is 2.58. The molecule has 10 nitrogen and oxygen atoms in total. The monoisotopic (exact) mass is 438 g/mol. The van der Waals surface area contributed by atoms with Crippen molar-refractivity contribution in [3.8, 4) is 0 Å². The number of aliphatic carboxylic acids is 2. The van der Waals surface area contributed by atoms with Gasteiger partial charge in [0.2, 0.25) is 11.8 Å². The second-order valence-electron chi connectivity index (χ2n) is 6.92. The molecule has 2 amide bonds. The molecule has 28 heavy (non-hydrogen) atoms. The van der Waals surface area contributed by atoms with Crippen LogP contribution in [0.15, 0.2) is 0 Å². The zero-order valence-corrected chi connectivity index (χ0v) is 18.0. The highest BCUT2D eigenvalue weighted by molar-refractivity contribution is 8.76. The van der Waals surface area contributed by atoms with Crippen molar-refractivity contribution in [3.63, 3.8) is 0 Å². The molecular formula is C16H30N4O6S2. The second-order valence-corrected chi connectivity index (χ2v) is 9.47. The van der Waals surface area contributed by atoms with Gasteiger partial charge in [0.05, 0.1) is 12.1 Å². The van der Waals surface area contributed by atoms with Crippen molar-refractivity contribution in [2.24, 2.45) is 23.3 Å². The smallest absolute Gasteiger partial charge is 0.326 e. The highest BCUT2D eigenvalue weighted by Crippen LogP contribution is 2.22. The van der Waals surface area contributed by atoms with Gasteiger partial charge in [0, 0.05) is 11.5 Å². The summed E-state index contributed by atoms with van der Waals surface area (Å²) in [4.78, 5) is 46.2. The van der Waals surface area contributed by atoms with Gasteiger partial charge in [0.25, 0.3) is 0 Å².